The van der Waals surface area contributed by atoms with Crippen molar-refractivity contribution in [2.45, 2.75) is 11.1 Å². The molecule has 0 saturated carbocycles. The Kier molecular flexibility index (Phi) is 6.84. The lowest BCUT2D eigenvalue weighted by Crippen LogP contribution is -2.35. The summed E-state index contributed by atoms with van der Waals surface area (Å²) in [6.07, 6.45) is 0. The Balaban J connectivity index is 1.66. The average molecular weight is 572 g/mol. The number of aromatic amines is 1. The monoisotopic (exact) mass is 571 g/mol. The van der Waals surface area contributed by atoms with E-state index in [1.165, 1.54) is 12.1 Å². The number of benzene rings is 2. The number of carbonyl (C=O) groups excluding carboxylic acids is 1. The van der Waals surface area contributed by atoms with Crippen molar-refractivity contribution >= 4 is 72.9 Å². The topological polar surface area (TPSA) is 142 Å². The number of aryl methyl sites for hydroxylation is 1. The van der Waals surface area contributed by atoms with Gasteiger partial charge in [0.15, 0.2) is 5.82 Å². The Bertz CT molecular complexity index is 1720. The van der Waals surface area contributed by atoms with Gasteiger partial charge in [-0.1, -0.05) is 23.2 Å². The summed E-state index contributed by atoms with van der Waals surface area (Å²) >= 11 is 12.9. The van der Waals surface area contributed by atoms with Gasteiger partial charge in [0.25, 0.3) is 15.6 Å². The van der Waals surface area contributed by atoms with Gasteiger partial charge in [-0.05, 0) is 43.3 Å². The highest BCUT2D eigenvalue weighted by Gasteiger charge is 2.23. The zero-order valence-corrected chi connectivity index (χ0v) is 21.5. The molecule has 0 atom stereocenters. The third-order valence-corrected chi connectivity index (χ3v) is 8.66. The maximum atomic E-state index is 15.1. The van der Waals surface area contributed by atoms with Crippen LogP contribution in [-0.2, 0) is 10.0 Å². The number of nitrogens with one attached hydrogen (secondary N) is 4. The summed E-state index contributed by atoms with van der Waals surface area (Å²) in [5.74, 6) is -1.11. The summed E-state index contributed by atoms with van der Waals surface area (Å²) in [6, 6.07) is 6.48. The molecule has 0 aliphatic carbocycles. The van der Waals surface area contributed by atoms with Gasteiger partial charge in [-0.25, -0.2) is 31.7 Å². The summed E-state index contributed by atoms with van der Waals surface area (Å²) in [4.78, 5) is 40.9. The quantitative estimate of drug-likeness (QED) is 0.284. The number of H-pyrrole nitrogens is 1. The zero-order chi connectivity index (χ0) is 26.4. The van der Waals surface area contributed by atoms with E-state index >= 15 is 4.39 Å². The number of nitrogens with zero attached hydrogens (tertiary/aromatic N) is 1. The summed E-state index contributed by atoms with van der Waals surface area (Å²) in [7, 11) is -2.57. The van der Waals surface area contributed by atoms with Gasteiger partial charge >= 0.3 is 11.7 Å². The van der Waals surface area contributed by atoms with Crippen LogP contribution in [0.5, 0.6) is 0 Å². The number of urea groups is 1. The second-order valence-corrected chi connectivity index (χ2v) is 11.4. The van der Waals surface area contributed by atoms with Gasteiger partial charge < -0.3 is 15.6 Å². The van der Waals surface area contributed by atoms with Crippen LogP contribution in [0, 0.1) is 12.7 Å². The highest BCUT2D eigenvalue weighted by atomic mass is 35.5. The zero-order valence-electron chi connectivity index (χ0n) is 18.4. The number of hydrogen-bond acceptors (Lipinski definition) is 7. The minimum Gasteiger partial charge on any atom is -0.388 e. The number of fused-ring (bicyclic) bond motifs is 1. The number of hydrogen-bond donors (Lipinski definition) is 4. The van der Waals surface area contributed by atoms with Crippen molar-refractivity contribution in [1.29, 1.82) is 0 Å². The van der Waals surface area contributed by atoms with Crippen molar-refractivity contribution < 1.29 is 17.6 Å². The van der Waals surface area contributed by atoms with Crippen LogP contribution in [0.15, 0.2) is 50.2 Å². The molecule has 0 bridgehead atoms. The molecule has 0 radical (unpaired) electrons. The lowest BCUT2D eigenvalue weighted by molar-refractivity contribution is 0.256. The summed E-state index contributed by atoms with van der Waals surface area (Å²) in [5.41, 5.74) is -1.62. The van der Waals surface area contributed by atoms with E-state index in [1.54, 1.807) is 30.8 Å². The van der Waals surface area contributed by atoms with Gasteiger partial charge in [0, 0.05) is 23.3 Å². The molecule has 4 aromatic rings. The molecule has 15 heteroatoms. The van der Waals surface area contributed by atoms with E-state index in [1.807, 2.05) is 0 Å². The maximum absolute atomic E-state index is 15.1. The van der Waals surface area contributed by atoms with Crippen molar-refractivity contribution in [3.05, 3.63) is 78.0 Å². The SMILES string of the molecule is CNc1ccc2c(=O)n(-c3c(F)cc(NC(=O)NS(=O)(=O)c4cc(Cl)c(C)s4)cc3Cl)c(=O)[nH]c2c1. The maximum Gasteiger partial charge on any atom is 0.333 e. The van der Waals surface area contributed by atoms with E-state index < -0.39 is 38.8 Å². The molecule has 188 valence electrons. The lowest BCUT2D eigenvalue weighted by atomic mass is 10.2. The normalized spacial score (nSPS) is 11.5. The predicted molar refractivity (Wildman–Crippen MR) is 138 cm³/mol. The van der Waals surface area contributed by atoms with Gasteiger partial charge in [0.2, 0.25) is 0 Å². The van der Waals surface area contributed by atoms with Crippen molar-refractivity contribution in [2.24, 2.45) is 0 Å². The molecule has 0 unspecified atom stereocenters. The van der Waals surface area contributed by atoms with Crippen molar-refractivity contribution in [2.75, 3.05) is 17.7 Å². The van der Waals surface area contributed by atoms with Gasteiger partial charge in [0.05, 0.1) is 20.9 Å². The summed E-state index contributed by atoms with van der Waals surface area (Å²) in [6.45, 7) is 1.62. The van der Waals surface area contributed by atoms with Gasteiger partial charge in [-0.2, -0.15) is 0 Å². The number of rotatable bonds is 5. The molecule has 4 rings (SSSR count). The number of anilines is 2. The first-order chi connectivity index (χ1) is 16.9. The lowest BCUT2D eigenvalue weighted by Gasteiger charge is -2.13. The van der Waals surface area contributed by atoms with Gasteiger partial charge in [-0.3, -0.25) is 4.79 Å². The molecule has 0 aliphatic heterocycles. The molecule has 2 aromatic heterocycles. The molecule has 2 amide bonds. The van der Waals surface area contributed by atoms with Crippen LogP contribution in [0.25, 0.3) is 16.6 Å². The van der Waals surface area contributed by atoms with Gasteiger partial charge in [0.1, 0.15) is 9.90 Å². The van der Waals surface area contributed by atoms with Crippen molar-refractivity contribution in [1.82, 2.24) is 14.3 Å². The van der Waals surface area contributed by atoms with Crippen LogP contribution in [0.3, 0.4) is 0 Å². The molecule has 4 N–H and O–H groups in total. The Morgan fingerprint density at radius 3 is 2.42 bits per heavy atom. The first kappa shape index (κ1) is 25.7. The van der Waals surface area contributed by atoms with Crippen LogP contribution in [-0.4, -0.2) is 31.0 Å². The van der Waals surface area contributed by atoms with E-state index in [0.29, 0.717) is 15.1 Å². The smallest absolute Gasteiger partial charge is 0.333 e. The fourth-order valence-electron chi connectivity index (χ4n) is 3.32. The molecule has 2 aromatic carbocycles. The molecule has 2 heterocycles. The van der Waals surface area contributed by atoms with Crippen molar-refractivity contribution in [3.63, 3.8) is 0 Å². The average Bonchev–Trinajstić information content (AvgIpc) is 3.13. The Labute approximate surface area is 216 Å². The second kappa shape index (κ2) is 9.58. The fraction of sp³-hybridized carbons (Fsp3) is 0.0952. The fourth-order valence-corrected chi connectivity index (χ4v) is 6.21. The molecule has 0 aliphatic rings. The number of amides is 2. The first-order valence-electron chi connectivity index (χ1n) is 9.97. The molecule has 10 nitrogen and oxygen atoms in total. The van der Waals surface area contributed by atoms with Crippen LogP contribution in [0.4, 0.5) is 20.6 Å². The van der Waals surface area contributed by atoms with Crippen molar-refractivity contribution in [3.8, 4) is 5.69 Å². The highest BCUT2D eigenvalue weighted by Crippen LogP contribution is 2.30. The van der Waals surface area contributed by atoms with Crippen LogP contribution < -0.4 is 26.6 Å². The first-order valence-corrected chi connectivity index (χ1v) is 13.0. The van der Waals surface area contributed by atoms with E-state index in [9.17, 15) is 22.8 Å². The third-order valence-electron chi connectivity index (χ3n) is 5.01. The van der Waals surface area contributed by atoms with Crippen LogP contribution >= 0.6 is 34.5 Å². The molecule has 0 spiro atoms. The van der Waals surface area contributed by atoms with E-state index in [0.717, 1.165) is 23.5 Å². The number of thiophene rings is 1. The second-order valence-electron chi connectivity index (χ2n) is 7.40. The van der Waals surface area contributed by atoms with Gasteiger partial charge in [-0.15, -0.1) is 11.3 Å². The minimum atomic E-state index is -4.24. The van der Waals surface area contributed by atoms with E-state index in [-0.39, 0.29) is 30.8 Å². The molecular weight excluding hydrogens is 556 g/mol. The minimum absolute atomic E-state index is 0.111. The number of carbonyl (C=O) groups is 1. The Hall–Kier alpha value is -3.39. The largest absolute Gasteiger partial charge is 0.388 e. The van der Waals surface area contributed by atoms with E-state index in [2.05, 4.69) is 15.6 Å². The summed E-state index contributed by atoms with van der Waals surface area (Å²) < 4.78 is 42.0. The summed E-state index contributed by atoms with van der Waals surface area (Å²) in [5, 5.41) is 4.99. The predicted octanol–water partition coefficient (Wildman–Crippen LogP) is 4.05. The number of halogens is 3. The van der Waals surface area contributed by atoms with Crippen LogP contribution in [0.2, 0.25) is 10.0 Å². The Morgan fingerprint density at radius 2 is 1.81 bits per heavy atom. The van der Waals surface area contributed by atoms with E-state index in [4.69, 9.17) is 23.2 Å². The Morgan fingerprint density at radius 1 is 1.08 bits per heavy atom. The molecular formula is C21H16Cl2FN5O5S2. The molecule has 0 saturated heterocycles. The highest BCUT2D eigenvalue weighted by molar-refractivity contribution is 7.92. The number of aromatic nitrogens is 2. The van der Waals surface area contributed by atoms with Crippen LogP contribution in [0.1, 0.15) is 4.88 Å². The number of sulfonamides is 1. The third kappa shape index (κ3) is 4.82. The molecule has 0 fully saturated rings. The standard InChI is InChI=1S/C21H16Cl2FN5O5S2/c1-9-13(22)8-17(35-9)36(33,34)28-20(31)26-11-5-14(23)18(15(24)6-11)29-19(30)12-4-3-10(25-2)7-16(12)27-21(29)32/h3-8,25H,1-2H3,(H,27,32)(H2,26,28,31). The molecule has 36 heavy (non-hydrogen) atoms.